The third-order valence-electron chi connectivity index (χ3n) is 2.37. The number of carbonyl (C=O) groups excluding carboxylic acids is 1. The zero-order valence-electron chi connectivity index (χ0n) is 9.39. The molecule has 6 nitrogen and oxygen atoms in total. The Morgan fingerprint density at radius 2 is 2.18 bits per heavy atom. The Morgan fingerprint density at radius 3 is 2.76 bits per heavy atom. The number of aromatic nitrogens is 2. The standard InChI is InChI=1S/C11H11N3O3/c1-6-7(2)14-17-11(6)13-10(16)8-3-9(15)5-12-4-8/h3-5,15H,1-2H3,(H,13,16). The molecule has 0 aliphatic rings. The molecule has 2 heterocycles. The van der Waals surface area contributed by atoms with Crippen LogP contribution in [0.4, 0.5) is 5.88 Å². The van der Waals surface area contributed by atoms with Crippen molar-refractivity contribution in [2.75, 3.05) is 5.32 Å². The first-order chi connectivity index (χ1) is 8.08. The summed E-state index contributed by atoms with van der Waals surface area (Å²) in [5, 5.41) is 15.5. The van der Waals surface area contributed by atoms with Crippen molar-refractivity contribution in [2.24, 2.45) is 0 Å². The molecule has 1 amide bonds. The lowest BCUT2D eigenvalue weighted by atomic mass is 10.2. The van der Waals surface area contributed by atoms with Crippen LogP contribution in [0, 0.1) is 13.8 Å². The number of rotatable bonds is 2. The molecule has 88 valence electrons. The molecule has 0 aromatic carbocycles. The molecule has 2 N–H and O–H groups in total. The Bertz CT molecular complexity index is 563. The number of hydrogen-bond donors (Lipinski definition) is 2. The maximum atomic E-state index is 11.8. The van der Waals surface area contributed by atoms with Gasteiger partial charge < -0.3 is 9.63 Å². The van der Waals surface area contributed by atoms with Gasteiger partial charge in [0, 0.05) is 11.8 Å². The van der Waals surface area contributed by atoms with Gasteiger partial charge >= 0.3 is 0 Å². The molecule has 0 saturated carbocycles. The first-order valence-electron chi connectivity index (χ1n) is 4.96. The molecule has 0 radical (unpaired) electrons. The minimum absolute atomic E-state index is 0.0666. The van der Waals surface area contributed by atoms with Crippen molar-refractivity contribution in [2.45, 2.75) is 13.8 Å². The van der Waals surface area contributed by atoms with Gasteiger partial charge in [-0.15, -0.1) is 0 Å². The van der Waals surface area contributed by atoms with Crippen molar-refractivity contribution in [3.05, 3.63) is 35.3 Å². The average Bonchev–Trinajstić information content (AvgIpc) is 2.61. The van der Waals surface area contributed by atoms with E-state index in [-0.39, 0.29) is 11.3 Å². The van der Waals surface area contributed by atoms with E-state index < -0.39 is 5.91 Å². The number of nitrogens with one attached hydrogen (secondary N) is 1. The van der Waals surface area contributed by atoms with Crippen LogP contribution in [0.1, 0.15) is 21.6 Å². The lowest BCUT2D eigenvalue weighted by Crippen LogP contribution is -2.12. The second-order valence-corrected chi connectivity index (χ2v) is 3.61. The van der Waals surface area contributed by atoms with Crippen LogP contribution in [-0.4, -0.2) is 21.2 Å². The molecule has 0 bridgehead atoms. The lowest BCUT2D eigenvalue weighted by Gasteiger charge is -2.02. The van der Waals surface area contributed by atoms with E-state index in [1.54, 1.807) is 13.8 Å². The zero-order chi connectivity index (χ0) is 12.4. The zero-order valence-corrected chi connectivity index (χ0v) is 9.39. The van der Waals surface area contributed by atoms with E-state index in [1.165, 1.54) is 18.5 Å². The van der Waals surface area contributed by atoms with Gasteiger partial charge in [0.1, 0.15) is 5.75 Å². The van der Waals surface area contributed by atoms with Gasteiger partial charge in [-0.25, -0.2) is 0 Å². The fourth-order valence-electron chi connectivity index (χ4n) is 1.26. The summed E-state index contributed by atoms with van der Waals surface area (Å²) in [5.74, 6) is -0.174. The molecule has 0 saturated heterocycles. The highest BCUT2D eigenvalue weighted by Crippen LogP contribution is 2.18. The molecule has 0 spiro atoms. The molecule has 0 aliphatic heterocycles. The average molecular weight is 233 g/mol. The van der Waals surface area contributed by atoms with Crippen LogP contribution in [0.25, 0.3) is 0 Å². The summed E-state index contributed by atoms with van der Waals surface area (Å²) < 4.78 is 4.95. The number of pyridine rings is 1. The van der Waals surface area contributed by atoms with Gasteiger partial charge in [-0.3, -0.25) is 15.1 Å². The van der Waals surface area contributed by atoms with E-state index in [2.05, 4.69) is 15.5 Å². The van der Waals surface area contributed by atoms with Crippen molar-refractivity contribution in [1.29, 1.82) is 0 Å². The molecular formula is C11H11N3O3. The summed E-state index contributed by atoms with van der Waals surface area (Å²) in [6.45, 7) is 3.58. The van der Waals surface area contributed by atoms with Crippen molar-refractivity contribution in [3.8, 4) is 5.75 Å². The molecule has 0 fully saturated rings. The van der Waals surface area contributed by atoms with E-state index in [1.807, 2.05) is 0 Å². The van der Waals surface area contributed by atoms with Crippen LogP contribution >= 0.6 is 0 Å². The van der Waals surface area contributed by atoms with Crippen LogP contribution < -0.4 is 5.32 Å². The molecule has 6 heteroatoms. The molecule has 0 aliphatic carbocycles. The largest absolute Gasteiger partial charge is 0.506 e. The van der Waals surface area contributed by atoms with Gasteiger partial charge in [0.25, 0.3) is 5.91 Å². The fraction of sp³-hybridized carbons (Fsp3) is 0.182. The number of hydrogen-bond acceptors (Lipinski definition) is 5. The first-order valence-corrected chi connectivity index (χ1v) is 4.96. The summed E-state index contributed by atoms with van der Waals surface area (Å²) >= 11 is 0. The Morgan fingerprint density at radius 1 is 1.41 bits per heavy atom. The van der Waals surface area contributed by atoms with Gasteiger partial charge in [-0.2, -0.15) is 0 Å². The van der Waals surface area contributed by atoms with E-state index in [4.69, 9.17) is 4.52 Å². The van der Waals surface area contributed by atoms with Crippen LogP contribution in [0.5, 0.6) is 5.75 Å². The first kappa shape index (κ1) is 11.1. The Kier molecular flexibility index (Phi) is 2.78. The van der Waals surface area contributed by atoms with E-state index in [0.717, 1.165) is 5.56 Å². The molecule has 0 atom stereocenters. The van der Waals surface area contributed by atoms with Crippen molar-refractivity contribution >= 4 is 11.8 Å². The molecular weight excluding hydrogens is 222 g/mol. The van der Waals surface area contributed by atoms with Gasteiger partial charge in [-0.05, 0) is 19.9 Å². The van der Waals surface area contributed by atoms with Crippen molar-refractivity contribution in [3.63, 3.8) is 0 Å². The highest BCUT2D eigenvalue weighted by molar-refractivity contribution is 6.03. The van der Waals surface area contributed by atoms with Crippen molar-refractivity contribution < 1.29 is 14.4 Å². The predicted molar refractivity (Wildman–Crippen MR) is 59.8 cm³/mol. The highest BCUT2D eigenvalue weighted by Gasteiger charge is 2.13. The Labute approximate surface area is 97.3 Å². The fourth-order valence-corrected chi connectivity index (χ4v) is 1.26. The second kappa shape index (κ2) is 4.25. The Balaban J connectivity index is 2.20. The Hall–Kier alpha value is -2.37. The monoisotopic (exact) mass is 233 g/mol. The second-order valence-electron chi connectivity index (χ2n) is 3.61. The maximum absolute atomic E-state index is 11.8. The van der Waals surface area contributed by atoms with Crippen LogP contribution in [-0.2, 0) is 0 Å². The SMILES string of the molecule is Cc1noc(NC(=O)c2cncc(O)c2)c1C. The quantitative estimate of drug-likeness (QED) is 0.823. The number of carbonyl (C=O) groups is 1. The number of anilines is 1. The lowest BCUT2D eigenvalue weighted by molar-refractivity contribution is 0.102. The van der Waals surface area contributed by atoms with Gasteiger partial charge in [0.15, 0.2) is 0 Å². The topological polar surface area (TPSA) is 88.3 Å². The van der Waals surface area contributed by atoms with Crippen LogP contribution in [0.2, 0.25) is 0 Å². The predicted octanol–water partition coefficient (Wildman–Crippen LogP) is 1.64. The summed E-state index contributed by atoms with van der Waals surface area (Å²) in [6.07, 6.45) is 2.61. The smallest absolute Gasteiger partial charge is 0.259 e. The number of aromatic hydroxyl groups is 1. The summed E-state index contributed by atoms with van der Waals surface area (Å²) in [5.41, 5.74) is 1.74. The highest BCUT2D eigenvalue weighted by atomic mass is 16.5. The molecule has 2 rings (SSSR count). The molecule has 2 aromatic rings. The van der Waals surface area contributed by atoms with Gasteiger partial charge in [0.05, 0.1) is 17.5 Å². The normalized spacial score (nSPS) is 10.2. The third kappa shape index (κ3) is 2.25. The number of aryl methyl sites for hydroxylation is 1. The molecule has 17 heavy (non-hydrogen) atoms. The number of nitrogens with zero attached hydrogens (tertiary/aromatic N) is 2. The van der Waals surface area contributed by atoms with E-state index in [9.17, 15) is 9.90 Å². The van der Waals surface area contributed by atoms with E-state index >= 15 is 0 Å². The summed E-state index contributed by atoms with van der Waals surface area (Å²) in [4.78, 5) is 15.5. The van der Waals surface area contributed by atoms with Crippen LogP contribution in [0.3, 0.4) is 0 Å². The van der Waals surface area contributed by atoms with Gasteiger partial charge in [0.2, 0.25) is 5.88 Å². The maximum Gasteiger partial charge on any atom is 0.259 e. The van der Waals surface area contributed by atoms with Crippen LogP contribution in [0.15, 0.2) is 23.0 Å². The summed E-state index contributed by atoms with van der Waals surface area (Å²) in [6, 6.07) is 1.32. The minimum atomic E-state index is -0.410. The van der Waals surface area contributed by atoms with Crippen molar-refractivity contribution in [1.82, 2.24) is 10.1 Å². The molecule has 0 unspecified atom stereocenters. The number of amides is 1. The third-order valence-corrected chi connectivity index (χ3v) is 2.37. The van der Waals surface area contributed by atoms with Gasteiger partial charge in [-0.1, -0.05) is 5.16 Å². The minimum Gasteiger partial charge on any atom is -0.506 e. The summed E-state index contributed by atoms with van der Waals surface area (Å²) in [7, 11) is 0. The molecule has 2 aromatic heterocycles. The van der Waals surface area contributed by atoms with E-state index in [0.29, 0.717) is 11.6 Å².